The first-order valence-electron chi connectivity index (χ1n) is 24.9. The van der Waals surface area contributed by atoms with Crippen LogP contribution >= 0.6 is 0 Å². The molecule has 77 heavy (non-hydrogen) atoms. The van der Waals surface area contributed by atoms with Crippen molar-refractivity contribution in [3.8, 4) is 0 Å². The topological polar surface area (TPSA) is 393 Å². The molecule has 6 rings (SSSR count). The minimum Gasteiger partial charge on any atom is -0.803 e. The van der Waals surface area contributed by atoms with Gasteiger partial charge in [0.15, 0.2) is 0 Å². The molecular weight excluding hydrogens is 1040 g/mol. The van der Waals surface area contributed by atoms with Gasteiger partial charge in [0.1, 0.15) is 22.5 Å². The third-order valence-electron chi connectivity index (χ3n) is 12.2. The maximum atomic E-state index is 13.5. The number of aromatic nitrogens is 2. The number of imide groups is 1. The van der Waals surface area contributed by atoms with Crippen molar-refractivity contribution < 1.29 is 52.8 Å². The van der Waals surface area contributed by atoms with Gasteiger partial charge in [0.2, 0.25) is 17.7 Å². The van der Waals surface area contributed by atoms with E-state index in [9.17, 15) is 78.4 Å². The zero-order valence-corrected chi connectivity index (χ0v) is 45.3. The SMILES string of the molecule is CN([O-])C(=O)CCN1CCCCN(CCC(=O)N(C)[O-])CCCNC(=O)c2ccc(n([O-])c2=O)C(=O)N[C@@H](CCCCNC(=O)CCCC(=O)ON2C(=O)CCC2=O)CNC(=O)c2ccc(c(=O)n2[O-])C(=O)NCCC1.[Ca+2]. The number of hydrogen-bond acceptors (Lipinski definition) is 19. The van der Waals surface area contributed by atoms with Crippen LogP contribution in [0.4, 0.5) is 0 Å². The van der Waals surface area contributed by atoms with Crippen LogP contribution in [0.1, 0.15) is 132 Å². The predicted molar refractivity (Wildman–Crippen MR) is 274 cm³/mol. The van der Waals surface area contributed by atoms with Gasteiger partial charge in [-0.3, -0.25) is 52.7 Å². The third kappa shape index (κ3) is 21.1. The number of rotatable bonds is 16. The second-order valence-electron chi connectivity index (χ2n) is 18.0. The Labute approximate surface area is 472 Å². The molecule has 0 aromatic carbocycles. The number of nitrogens with one attached hydrogen (secondary N) is 5. The van der Waals surface area contributed by atoms with E-state index in [1.165, 1.54) is 0 Å². The van der Waals surface area contributed by atoms with Crippen LogP contribution in [0.25, 0.3) is 0 Å². The standard InChI is InChI=1S/C47H64N12O17.Ca/c1-53(72)37(61)19-28-55-24-5-6-25-56(29-20-38(62)54(2)73)27-9-23-50-43(67)33-14-16-35(58(75)47(33)71)45(69)52-31(30-51-44(68)34-15-13-32(46(70)57(34)74)42(66)49-22-8-26-55)10-3-4-21-48-36(60)11-7-12-41(65)76-59-39(63)17-18-40(59)64;/h13-16,31H,3-12,17-30H2,1-2H3,(H,48,60)(H,49,66)(H,50,67)(H,51,68)(H,52,69);/q-4;+2/t31-;/m0./s1. The molecule has 1 fully saturated rings. The molecule has 0 spiro atoms. The van der Waals surface area contributed by atoms with Crippen molar-refractivity contribution in [2.24, 2.45) is 0 Å². The quantitative estimate of drug-likeness (QED) is 0.0538. The van der Waals surface area contributed by atoms with Crippen LogP contribution in [0.15, 0.2) is 33.9 Å². The van der Waals surface area contributed by atoms with E-state index in [2.05, 4.69) is 26.6 Å². The number of hydroxylamine groups is 6. The number of carbonyl (C=O) groups is 10. The summed E-state index contributed by atoms with van der Waals surface area (Å²) in [6, 6.07) is 2.86. The second-order valence-corrected chi connectivity index (χ2v) is 18.0. The molecule has 1 saturated heterocycles. The van der Waals surface area contributed by atoms with Crippen LogP contribution in [0.3, 0.4) is 0 Å². The smallest absolute Gasteiger partial charge is 0.803 e. The third-order valence-corrected chi connectivity index (χ3v) is 12.2. The van der Waals surface area contributed by atoms with Crippen LogP contribution in [0.5, 0.6) is 0 Å². The zero-order valence-electron chi connectivity index (χ0n) is 43.1. The number of amides is 9. The molecule has 418 valence electrons. The molecule has 4 aliphatic heterocycles. The monoisotopic (exact) mass is 1110 g/mol. The minimum absolute atomic E-state index is 0. The van der Waals surface area contributed by atoms with E-state index in [1.54, 1.807) is 0 Å². The van der Waals surface area contributed by atoms with Crippen LogP contribution in [-0.2, 0) is 33.6 Å². The van der Waals surface area contributed by atoms with Crippen LogP contribution < -0.4 is 37.7 Å². The molecule has 0 saturated carbocycles. The molecule has 9 amide bonds. The first-order valence-corrected chi connectivity index (χ1v) is 24.9. The summed E-state index contributed by atoms with van der Waals surface area (Å²) in [5.41, 5.74) is -5.27. The first kappa shape index (κ1) is 64.8. The van der Waals surface area contributed by atoms with Crippen molar-refractivity contribution in [1.82, 2.24) is 61.0 Å². The van der Waals surface area contributed by atoms with Crippen LogP contribution in [0, 0.1) is 20.8 Å². The summed E-state index contributed by atoms with van der Waals surface area (Å²) in [5, 5.41) is 63.1. The number of carbonyl (C=O) groups excluding carboxylic acids is 10. The number of pyridine rings is 2. The Morgan fingerprint density at radius 3 is 1.60 bits per heavy atom. The molecule has 5 N–H and O–H groups in total. The Kier molecular flexibility index (Phi) is 27.7. The molecule has 4 aliphatic rings. The molecule has 2 aromatic rings. The van der Waals surface area contributed by atoms with E-state index in [0.717, 1.165) is 38.4 Å². The van der Waals surface area contributed by atoms with Crippen molar-refractivity contribution in [2.75, 3.05) is 79.5 Å². The molecule has 0 radical (unpaired) electrons. The average molecular weight is 1110 g/mol. The maximum Gasteiger partial charge on any atom is 2.00 e. The van der Waals surface area contributed by atoms with Crippen LogP contribution in [-0.4, -0.2) is 217 Å². The number of hydrogen-bond donors (Lipinski definition) is 5. The van der Waals surface area contributed by atoms with Gasteiger partial charge in [0, 0.05) is 83.8 Å². The number of unbranched alkanes of at least 4 members (excludes halogenated alkanes) is 1. The van der Waals surface area contributed by atoms with Gasteiger partial charge in [-0.2, -0.15) is 0 Å². The van der Waals surface area contributed by atoms with Gasteiger partial charge in [0.25, 0.3) is 46.6 Å². The molecule has 6 heterocycles. The second kappa shape index (κ2) is 32.9. The molecule has 0 unspecified atom stereocenters. The number of fused-ring (bicyclic) bond motifs is 2. The van der Waals surface area contributed by atoms with E-state index in [0.29, 0.717) is 63.3 Å². The number of nitrogens with zero attached hydrogens (tertiary/aromatic N) is 7. The fourth-order valence-electron chi connectivity index (χ4n) is 7.91. The molecule has 0 aliphatic carbocycles. The van der Waals surface area contributed by atoms with E-state index >= 15 is 0 Å². The Bertz CT molecular complexity index is 2540. The largest absolute Gasteiger partial charge is 2.00 e. The predicted octanol–water partition coefficient (Wildman–Crippen LogP) is -1.76. The first-order chi connectivity index (χ1) is 36.2. The van der Waals surface area contributed by atoms with Crippen LogP contribution in [0.2, 0.25) is 0 Å². The Morgan fingerprint density at radius 1 is 0.623 bits per heavy atom. The summed E-state index contributed by atoms with van der Waals surface area (Å²) < 4.78 is -0.556. The zero-order chi connectivity index (χ0) is 55.9. The fourth-order valence-corrected chi connectivity index (χ4v) is 7.91. The van der Waals surface area contributed by atoms with Crippen molar-refractivity contribution in [3.05, 3.63) is 88.3 Å². The van der Waals surface area contributed by atoms with Crippen molar-refractivity contribution in [2.45, 2.75) is 95.9 Å². The summed E-state index contributed by atoms with van der Waals surface area (Å²) in [4.78, 5) is 160. The van der Waals surface area contributed by atoms with E-state index in [-0.39, 0.29) is 148 Å². The van der Waals surface area contributed by atoms with E-state index in [1.807, 2.05) is 9.80 Å². The summed E-state index contributed by atoms with van der Waals surface area (Å²) in [7, 11) is 2.17. The van der Waals surface area contributed by atoms with Gasteiger partial charge in [-0.1, -0.05) is 0 Å². The van der Waals surface area contributed by atoms with Gasteiger partial charge in [-0.25, -0.2) is 4.79 Å². The summed E-state index contributed by atoms with van der Waals surface area (Å²) in [6.45, 7) is 1.70. The Hall–Kier alpha value is -6.50. The molecular formula is C47H64CaN12O17-2. The maximum absolute atomic E-state index is 13.5. The van der Waals surface area contributed by atoms with Crippen molar-refractivity contribution in [1.29, 1.82) is 0 Å². The molecule has 4 bridgehead atoms. The van der Waals surface area contributed by atoms with Crippen molar-refractivity contribution >= 4 is 96.9 Å². The molecule has 1 atom stereocenters. The molecule has 30 heteroatoms. The van der Waals surface area contributed by atoms with Crippen molar-refractivity contribution in [3.63, 3.8) is 0 Å². The molecule has 29 nitrogen and oxygen atoms in total. The van der Waals surface area contributed by atoms with Gasteiger partial charge < -0.3 is 81.6 Å². The summed E-state index contributed by atoms with van der Waals surface area (Å²) in [6.07, 6.45) is 1.74. The Morgan fingerprint density at radius 2 is 1.10 bits per heavy atom. The minimum atomic E-state index is -1.36. The normalized spacial score (nSPS) is 17.1. The van der Waals surface area contributed by atoms with Gasteiger partial charge in [-0.05, 0) is 116 Å². The average Bonchev–Trinajstić information content (AvgIpc) is 3.69. The van der Waals surface area contributed by atoms with Gasteiger partial charge >= 0.3 is 43.7 Å². The summed E-state index contributed by atoms with van der Waals surface area (Å²) in [5.74, 6) is -7.87. The van der Waals surface area contributed by atoms with Gasteiger partial charge in [0.05, 0.1) is 0 Å². The summed E-state index contributed by atoms with van der Waals surface area (Å²) >= 11 is 0. The van der Waals surface area contributed by atoms with E-state index in [4.69, 9.17) is 4.84 Å². The fraction of sp³-hybridized carbons (Fsp3) is 0.574. The van der Waals surface area contributed by atoms with E-state index < -0.39 is 105 Å². The Balaban J connectivity index is 0.0000156. The van der Waals surface area contributed by atoms with Gasteiger partial charge in [-0.15, -0.1) is 5.06 Å². The molecule has 2 aromatic heterocycles.